The van der Waals surface area contributed by atoms with Crippen LogP contribution in [0.25, 0.3) is 0 Å². The van der Waals surface area contributed by atoms with Crippen LogP contribution < -0.4 is 0 Å². The van der Waals surface area contributed by atoms with Crippen LogP contribution in [0.4, 0.5) is 0 Å². The van der Waals surface area contributed by atoms with Crippen molar-refractivity contribution in [3.05, 3.63) is 11.1 Å². The van der Waals surface area contributed by atoms with E-state index in [-0.39, 0.29) is 6.61 Å². The van der Waals surface area contributed by atoms with Gasteiger partial charge in [0.25, 0.3) is 0 Å². The zero-order valence-corrected chi connectivity index (χ0v) is 19.1. The lowest BCUT2D eigenvalue weighted by Gasteiger charge is -2.10. The Hall–Kier alpha value is -0.730. The Bertz CT molecular complexity index is 414. The standard InChI is InChI=1S/C22H42O4P/c1-5-8-10-12-14-16-18-21(19-17-15-13-11-9-6-2)20(4)22(23)26-27(24)25-7-3/h5-19H2,1-4H3/q+1. The van der Waals surface area contributed by atoms with E-state index in [0.29, 0.717) is 5.57 Å². The van der Waals surface area contributed by atoms with Crippen molar-refractivity contribution in [1.82, 2.24) is 0 Å². The van der Waals surface area contributed by atoms with E-state index >= 15 is 0 Å². The lowest BCUT2D eigenvalue weighted by molar-refractivity contribution is -0.130. The maximum Gasteiger partial charge on any atom is 0.753 e. The molecule has 0 fully saturated rings. The first-order valence-electron chi connectivity index (χ1n) is 11.1. The van der Waals surface area contributed by atoms with Gasteiger partial charge in [0.15, 0.2) is 0 Å². The fourth-order valence-corrected chi connectivity index (χ4v) is 3.69. The van der Waals surface area contributed by atoms with Crippen molar-refractivity contribution in [3.63, 3.8) is 0 Å². The molecule has 4 nitrogen and oxygen atoms in total. The number of hydrogen-bond acceptors (Lipinski definition) is 4. The first-order valence-corrected chi connectivity index (χ1v) is 12.2. The smallest absolute Gasteiger partial charge is 0.241 e. The highest BCUT2D eigenvalue weighted by Gasteiger charge is 2.27. The van der Waals surface area contributed by atoms with Gasteiger partial charge in [0.05, 0.1) is 0 Å². The van der Waals surface area contributed by atoms with Gasteiger partial charge in [0.2, 0.25) is 0 Å². The molecule has 5 heteroatoms. The molecule has 0 aliphatic heterocycles. The molecule has 0 aromatic heterocycles. The zero-order chi connectivity index (χ0) is 20.3. The average molecular weight is 402 g/mol. The SMILES string of the molecule is CCCCCCCCC(CCCCCCCC)=C(C)C(=O)O[P+](=O)OCC. The van der Waals surface area contributed by atoms with Crippen molar-refractivity contribution in [2.75, 3.05) is 6.61 Å². The Morgan fingerprint density at radius 2 is 1.19 bits per heavy atom. The molecular weight excluding hydrogens is 359 g/mol. The van der Waals surface area contributed by atoms with Crippen LogP contribution in [0.2, 0.25) is 0 Å². The molecule has 0 saturated heterocycles. The third-order valence-electron chi connectivity index (χ3n) is 4.89. The van der Waals surface area contributed by atoms with Crippen molar-refractivity contribution >= 4 is 14.2 Å². The van der Waals surface area contributed by atoms with E-state index in [9.17, 15) is 9.36 Å². The number of unbranched alkanes of at least 4 members (excludes halogenated alkanes) is 10. The van der Waals surface area contributed by atoms with Gasteiger partial charge in [0, 0.05) is 10.1 Å². The highest BCUT2D eigenvalue weighted by atomic mass is 31.1. The fraction of sp³-hybridized carbons (Fsp3) is 0.864. The van der Waals surface area contributed by atoms with Crippen LogP contribution in [-0.2, 0) is 18.4 Å². The predicted octanol–water partition coefficient (Wildman–Crippen LogP) is 8.04. The quantitative estimate of drug-likeness (QED) is 0.132. The van der Waals surface area contributed by atoms with Gasteiger partial charge < -0.3 is 0 Å². The third-order valence-corrected chi connectivity index (χ3v) is 5.68. The molecule has 0 spiro atoms. The van der Waals surface area contributed by atoms with Crippen LogP contribution in [0.15, 0.2) is 11.1 Å². The minimum atomic E-state index is -2.36. The summed E-state index contributed by atoms with van der Waals surface area (Å²) < 4.78 is 21.4. The topological polar surface area (TPSA) is 52.6 Å². The van der Waals surface area contributed by atoms with Crippen molar-refractivity contribution in [1.29, 1.82) is 0 Å². The van der Waals surface area contributed by atoms with Crippen molar-refractivity contribution in [2.24, 2.45) is 0 Å². The molecule has 0 aliphatic rings. The monoisotopic (exact) mass is 401 g/mol. The van der Waals surface area contributed by atoms with E-state index in [0.717, 1.165) is 25.7 Å². The molecule has 0 amide bonds. The minimum absolute atomic E-state index is 0.271. The summed E-state index contributed by atoms with van der Waals surface area (Å²) in [6.45, 7) is 8.26. The van der Waals surface area contributed by atoms with Gasteiger partial charge in [-0.1, -0.05) is 83.6 Å². The second kappa shape index (κ2) is 18.6. The van der Waals surface area contributed by atoms with E-state index in [2.05, 4.69) is 13.8 Å². The Morgan fingerprint density at radius 3 is 1.63 bits per heavy atom. The molecule has 1 atom stereocenters. The lowest BCUT2D eigenvalue weighted by atomic mass is 9.96. The summed E-state index contributed by atoms with van der Waals surface area (Å²) in [7, 11) is -2.36. The van der Waals surface area contributed by atoms with Gasteiger partial charge in [0.1, 0.15) is 6.61 Å². The van der Waals surface area contributed by atoms with Gasteiger partial charge >= 0.3 is 14.2 Å². The summed E-state index contributed by atoms with van der Waals surface area (Å²) in [6, 6.07) is 0. The van der Waals surface area contributed by atoms with Gasteiger partial charge in [-0.25, -0.2) is 4.79 Å². The maximum absolute atomic E-state index is 12.3. The van der Waals surface area contributed by atoms with Crippen LogP contribution in [-0.4, -0.2) is 12.6 Å². The Balaban J connectivity index is 4.57. The number of hydrogen-bond donors (Lipinski definition) is 0. The fourth-order valence-electron chi connectivity index (χ4n) is 3.15. The average Bonchev–Trinajstić information content (AvgIpc) is 2.65. The van der Waals surface area contributed by atoms with E-state index in [4.69, 9.17) is 9.05 Å². The Labute approximate surface area is 168 Å². The molecule has 0 rings (SSSR count). The molecule has 0 aromatic rings. The lowest BCUT2D eigenvalue weighted by Crippen LogP contribution is -2.05. The molecular formula is C22H42O4P+. The third kappa shape index (κ3) is 14.9. The van der Waals surface area contributed by atoms with Crippen LogP contribution in [0, 0.1) is 0 Å². The second-order valence-electron chi connectivity index (χ2n) is 7.28. The molecule has 0 heterocycles. The normalized spacial score (nSPS) is 11.3. The molecule has 0 bridgehead atoms. The first-order chi connectivity index (χ1) is 13.1. The molecule has 0 aromatic carbocycles. The number of carbonyl (C=O) groups is 1. The van der Waals surface area contributed by atoms with Gasteiger partial charge in [-0.2, -0.15) is 4.52 Å². The van der Waals surface area contributed by atoms with Gasteiger partial charge in [-0.15, -0.1) is 4.52 Å². The molecule has 158 valence electrons. The van der Waals surface area contributed by atoms with E-state index in [1.165, 1.54) is 69.8 Å². The molecule has 0 aliphatic carbocycles. The number of carbonyl (C=O) groups excluding carboxylic acids is 1. The van der Waals surface area contributed by atoms with E-state index in [1.54, 1.807) is 13.8 Å². The summed E-state index contributed by atoms with van der Waals surface area (Å²) in [5, 5.41) is 0. The van der Waals surface area contributed by atoms with E-state index in [1.807, 2.05) is 0 Å². The molecule has 1 unspecified atom stereocenters. The van der Waals surface area contributed by atoms with Crippen molar-refractivity contribution < 1.29 is 18.4 Å². The van der Waals surface area contributed by atoms with Crippen molar-refractivity contribution in [2.45, 2.75) is 118 Å². The minimum Gasteiger partial charge on any atom is -0.241 e. The van der Waals surface area contributed by atoms with Gasteiger partial charge in [-0.05, 0) is 39.5 Å². The highest BCUT2D eigenvalue weighted by molar-refractivity contribution is 7.34. The van der Waals surface area contributed by atoms with Crippen LogP contribution in [0.1, 0.15) is 118 Å². The largest absolute Gasteiger partial charge is 0.753 e. The van der Waals surface area contributed by atoms with E-state index < -0.39 is 14.2 Å². The van der Waals surface area contributed by atoms with Crippen LogP contribution in [0.5, 0.6) is 0 Å². The molecule has 0 radical (unpaired) electrons. The zero-order valence-electron chi connectivity index (χ0n) is 18.2. The van der Waals surface area contributed by atoms with Crippen molar-refractivity contribution in [3.8, 4) is 0 Å². The van der Waals surface area contributed by atoms with Crippen LogP contribution >= 0.6 is 8.25 Å². The van der Waals surface area contributed by atoms with Gasteiger partial charge in [-0.3, -0.25) is 0 Å². The Kier molecular flexibility index (Phi) is 18.1. The molecule has 0 saturated carbocycles. The Morgan fingerprint density at radius 1 is 0.741 bits per heavy atom. The van der Waals surface area contributed by atoms with Crippen LogP contribution in [0.3, 0.4) is 0 Å². The first kappa shape index (κ1) is 26.3. The highest BCUT2D eigenvalue weighted by Crippen LogP contribution is 2.28. The second-order valence-corrected chi connectivity index (χ2v) is 8.17. The predicted molar refractivity (Wildman–Crippen MR) is 114 cm³/mol. The number of allylic oxidation sites excluding steroid dienone is 1. The number of rotatable bonds is 18. The summed E-state index contributed by atoms with van der Waals surface area (Å²) in [4.78, 5) is 12.3. The summed E-state index contributed by atoms with van der Waals surface area (Å²) in [5.74, 6) is -0.489. The summed E-state index contributed by atoms with van der Waals surface area (Å²) in [5.41, 5.74) is 1.80. The molecule has 27 heavy (non-hydrogen) atoms. The summed E-state index contributed by atoms with van der Waals surface area (Å²) >= 11 is 0. The molecule has 0 N–H and O–H groups in total. The maximum atomic E-state index is 12.3. The summed E-state index contributed by atoms with van der Waals surface area (Å²) in [6.07, 6.45) is 16.7.